The average Bonchev–Trinajstić information content (AvgIpc) is 3.22. The maximum atomic E-state index is 13.2. The maximum absolute atomic E-state index is 13.2. The van der Waals surface area contributed by atoms with Crippen molar-refractivity contribution in [3.63, 3.8) is 0 Å². The molecule has 0 unspecified atom stereocenters. The Balaban J connectivity index is 1.70. The zero-order chi connectivity index (χ0) is 22.7. The number of hydrogen-bond acceptors (Lipinski definition) is 4. The third-order valence-corrected chi connectivity index (χ3v) is 6.58. The van der Waals surface area contributed by atoms with Gasteiger partial charge in [0.25, 0.3) is 0 Å². The second-order valence-corrected chi connectivity index (χ2v) is 9.68. The van der Waals surface area contributed by atoms with Crippen LogP contribution in [0.2, 0.25) is 5.02 Å². The molecule has 0 spiro atoms. The summed E-state index contributed by atoms with van der Waals surface area (Å²) >= 11 is 5.85. The summed E-state index contributed by atoms with van der Waals surface area (Å²) in [7, 11) is -4.02. The van der Waals surface area contributed by atoms with Crippen molar-refractivity contribution in [3.05, 3.63) is 89.4 Å². The highest BCUT2D eigenvalue weighted by Gasteiger charge is 2.27. The zero-order valence-corrected chi connectivity index (χ0v) is 18.7. The summed E-state index contributed by atoms with van der Waals surface area (Å²) in [4.78, 5) is 20.0. The molecule has 1 aromatic heterocycles. The van der Waals surface area contributed by atoms with Crippen molar-refractivity contribution in [2.75, 3.05) is 11.1 Å². The summed E-state index contributed by atoms with van der Waals surface area (Å²) in [5.41, 5.74) is 3.16. The molecule has 4 rings (SSSR count). The van der Waals surface area contributed by atoms with Gasteiger partial charge >= 0.3 is 0 Å². The van der Waals surface area contributed by atoms with Crippen LogP contribution in [0.5, 0.6) is 0 Å². The highest BCUT2D eigenvalue weighted by atomic mass is 35.5. The number of aryl methyl sites for hydroxylation is 1. The Bertz CT molecular complexity index is 1370. The molecule has 0 bridgehead atoms. The van der Waals surface area contributed by atoms with E-state index < -0.39 is 21.5 Å². The number of sulfone groups is 1. The van der Waals surface area contributed by atoms with Gasteiger partial charge < -0.3 is 10.3 Å². The van der Waals surface area contributed by atoms with Gasteiger partial charge in [-0.15, -0.1) is 0 Å². The SMILES string of the molecule is Cc1cccc(-c2nc(-c3ccccc3)c(S(=O)(=O)CC(=O)Nc3ccc(Cl)cc3)[nH]2)c1. The molecule has 0 radical (unpaired) electrons. The van der Waals surface area contributed by atoms with Crippen LogP contribution >= 0.6 is 11.6 Å². The molecule has 0 atom stereocenters. The van der Waals surface area contributed by atoms with E-state index in [1.165, 1.54) is 0 Å². The molecule has 0 saturated carbocycles. The molecule has 8 heteroatoms. The Morgan fingerprint density at radius 3 is 2.34 bits per heavy atom. The molecule has 1 amide bonds. The number of carbonyl (C=O) groups excluding carboxylic acids is 1. The fraction of sp³-hybridized carbons (Fsp3) is 0.0833. The summed E-state index contributed by atoms with van der Waals surface area (Å²) in [5, 5.41) is 3.02. The molecule has 0 aliphatic carbocycles. The number of carbonyl (C=O) groups is 1. The van der Waals surface area contributed by atoms with Crippen molar-refractivity contribution < 1.29 is 13.2 Å². The van der Waals surface area contributed by atoms with Crippen LogP contribution in [0.25, 0.3) is 22.6 Å². The third-order valence-electron chi connectivity index (χ3n) is 4.77. The van der Waals surface area contributed by atoms with Gasteiger partial charge in [0, 0.05) is 21.8 Å². The number of rotatable bonds is 6. The summed E-state index contributed by atoms with van der Waals surface area (Å²) < 4.78 is 26.5. The number of imidazole rings is 1. The molecular weight excluding hydrogens is 446 g/mol. The number of amides is 1. The van der Waals surface area contributed by atoms with Gasteiger partial charge in [-0.3, -0.25) is 4.79 Å². The lowest BCUT2D eigenvalue weighted by atomic mass is 10.1. The lowest BCUT2D eigenvalue weighted by Gasteiger charge is -2.07. The van der Waals surface area contributed by atoms with Crippen LogP contribution in [0.15, 0.2) is 83.9 Å². The molecule has 6 nitrogen and oxygen atoms in total. The Morgan fingerprint density at radius 2 is 1.66 bits per heavy atom. The standard InChI is InChI=1S/C24H20ClN3O3S/c1-16-6-5-9-18(14-16)23-27-22(17-7-3-2-4-8-17)24(28-23)32(30,31)15-21(29)26-20-12-10-19(25)11-13-20/h2-14H,15H2,1H3,(H,26,29)(H,27,28). The van der Waals surface area contributed by atoms with E-state index in [-0.39, 0.29) is 10.7 Å². The first-order valence-corrected chi connectivity index (χ1v) is 11.9. The van der Waals surface area contributed by atoms with Gasteiger partial charge in [0.1, 0.15) is 17.3 Å². The molecule has 0 aliphatic heterocycles. The summed E-state index contributed by atoms with van der Waals surface area (Å²) in [6, 6.07) is 23.0. The van der Waals surface area contributed by atoms with Crippen LogP contribution in [0.4, 0.5) is 5.69 Å². The number of aromatic nitrogens is 2. The number of anilines is 1. The first-order chi connectivity index (χ1) is 15.3. The number of aromatic amines is 1. The van der Waals surface area contributed by atoms with E-state index in [9.17, 15) is 13.2 Å². The van der Waals surface area contributed by atoms with Crippen molar-refractivity contribution in [1.82, 2.24) is 9.97 Å². The molecule has 4 aromatic rings. The molecule has 0 aliphatic rings. The van der Waals surface area contributed by atoms with E-state index in [0.29, 0.717) is 22.1 Å². The molecule has 162 valence electrons. The van der Waals surface area contributed by atoms with Crippen LogP contribution in [0.3, 0.4) is 0 Å². The number of nitrogens with zero attached hydrogens (tertiary/aromatic N) is 1. The lowest BCUT2D eigenvalue weighted by Crippen LogP contribution is -2.23. The van der Waals surface area contributed by atoms with E-state index in [2.05, 4.69) is 15.3 Å². The number of nitrogens with one attached hydrogen (secondary N) is 2. The van der Waals surface area contributed by atoms with Gasteiger partial charge in [0.2, 0.25) is 15.7 Å². The van der Waals surface area contributed by atoms with Gasteiger partial charge in [-0.2, -0.15) is 0 Å². The van der Waals surface area contributed by atoms with Gasteiger partial charge in [0.05, 0.1) is 0 Å². The highest BCUT2D eigenvalue weighted by Crippen LogP contribution is 2.30. The Kier molecular flexibility index (Phi) is 6.12. The first-order valence-electron chi connectivity index (χ1n) is 9.82. The lowest BCUT2D eigenvalue weighted by molar-refractivity contribution is -0.113. The fourth-order valence-electron chi connectivity index (χ4n) is 3.28. The second-order valence-electron chi connectivity index (χ2n) is 7.31. The minimum absolute atomic E-state index is 0.0912. The van der Waals surface area contributed by atoms with E-state index in [4.69, 9.17) is 11.6 Å². The van der Waals surface area contributed by atoms with Crippen molar-refractivity contribution in [2.24, 2.45) is 0 Å². The number of hydrogen-bond donors (Lipinski definition) is 2. The Labute approximate surface area is 191 Å². The molecule has 0 saturated heterocycles. The maximum Gasteiger partial charge on any atom is 0.240 e. The smallest absolute Gasteiger partial charge is 0.240 e. The van der Waals surface area contributed by atoms with Crippen molar-refractivity contribution >= 4 is 33.0 Å². The fourth-order valence-corrected chi connectivity index (χ4v) is 4.68. The summed E-state index contributed by atoms with van der Waals surface area (Å²) in [6.07, 6.45) is 0. The number of benzene rings is 3. The van der Waals surface area contributed by atoms with E-state index >= 15 is 0 Å². The van der Waals surface area contributed by atoms with Gasteiger partial charge in [-0.25, -0.2) is 13.4 Å². The van der Waals surface area contributed by atoms with Crippen LogP contribution in [0.1, 0.15) is 5.56 Å². The van der Waals surface area contributed by atoms with Gasteiger partial charge in [-0.1, -0.05) is 65.7 Å². The van der Waals surface area contributed by atoms with E-state index in [1.807, 2.05) is 37.3 Å². The van der Waals surface area contributed by atoms with E-state index in [0.717, 1.165) is 11.1 Å². The third kappa shape index (κ3) is 4.90. The zero-order valence-electron chi connectivity index (χ0n) is 17.2. The van der Waals surface area contributed by atoms with Crippen LogP contribution < -0.4 is 5.32 Å². The topological polar surface area (TPSA) is 91.9 Å². The summed E-state index contributed by atoms with van der Waals surface area (Å²) in [6.45, 7) is 1.95. The largest absolute Gasteiger partial charge is 0.329 e. The quantitative estimate of drug-likeness (QED) is 0.413. The van der Waals surface area contributed by atoms with Crippen molar-refractivity contribution in [1.29, 1.82) is 0 Å². The number of H-pyrrole nitrogens is 1. The minimum atomic E-state index is -4.02. The van der Waals surface area contributed by atoms with Gasteiger partial charge in [-0.05, 0) is 37.3 Å². The predicted molar refractivity (Wildman–Crippen MR) is 126 cm³/mol. The first kappa shape index (κ1) is 21.8. The Morgan fingerprint density at radius 1 is 0.969 bits per heavy atom. The average molecular weight is 466 g/mol. The Hall–Kier alpha value is -3.42. The van der Waals surface area contributed by atoms with Crippen molar-refractivity contribution in [3.8, 4) is 22.6 Å². The van der Waals surface area contributed by atoms with Crippen molar-refractivity contribution in [2.45, 2.75) is 11.9 Å². The van der Waals surface area contributed by atoms with Crippen LogP contribution in [0, 0.1) is 6.92 Å². The molecule has 0 fully saturated rings. The van der Waals surface area contributed by atoms with E-state index in [1.54, 1.807) is 48.5 Å². The summed E-state index contributed by atoms with van der Waals surface area (Å²) in [5.74, 6) is -0.965. The predicted octanol–water partition coefficient (Wildman–Crippen LogP) is 5.12. The van der Waals surface area contributed by atoms with Crippen LogP contribution in [-0.4, -0.2) is 30.0 Å². The minimum Gasteiger partial charge on any atom is -0.329 e. The van der Waals surface area contributed by atoms with Gasteiger partial charge in [0.15, 0.2) is 5.03 Å². The molecule has 32 heavy (non-hydrogen) atoms. The molecule has 1 heterocycles. The monoisotopic (exact) mass is 465 g/mol. The normalized spacial score (nSPS) is 11.3. The highest BCUT2D eigenvalue weighted by molar-refractivity contribution is 7.92. The number of halogens is 1. The van der Waals surface area contributed by atoms with Crippen LogP contribution in [-0.2, 0) is 14.6 Å². The molecular formula is C24H20ClN3O3S. The molecule has 3 aromatic carbocycles. The second kappa shape index (κ2) is 8.98. The molecule has 2 N–H and O–H groups in total.